The summed E-state index contributed by atoms with van der Waals surface area (Å²) in [5.74, 6) is 3.10. The van der Waals surface area contributed by atoms with Gasteiger partial charge in [0.15, 0.2) is 0 Å². The molecular weight excluding hydrogens is 660 g/mol. The number of rotatable bonds is 4. The normalized spacial score (nSPS) is 22.2. The molecule has 274 valence electrons. The van der Waals surface area contributed by atoms with E-state index in [1.807, 2.05) is 63.7 Å². The molecule has 2 amide bonds. The number of benzene rings is 2. The summed E-state index contributed by atoms with van der Waals surface area (Å²) in [6, 6.07) is 8.13. The van der Waals surface area contributed by atoms with Crippen LogP contribution in [0.5, 0.6) is 11.5 Å². The molecule has 8 rings (SSSR count). The van der Waals surface area contributed by atoms with E-state index in [9.17, 15) is 9.59 Å². The Bertz CT molecular complexity index is 1860. The highest BCUT2D eigenvalue weighted by atomic mass is 16.6. The highest BCUT2D eigenvalue weighted by molar-refractivity contribution is 5.88. The van der Waals surface area contributed by atoms with Crippen LogP contribution in [0.1, 0.15) is 116 Å². The average molecular weight is 709 g/mol. The number of likely N-dealkylation sites (tertiary alicyclic amines) is 2. The summed E-state index contributed by atoms with van der Waals surface area (Å²) in [5.41, 5.74) is 6.63. The monoisotopic (exact) mass is 708 g/mol. The van der Waals surface area contributed by atoms with Gasteiger partial charge in [-0.05, 0) is 105 Å². The molecule has 2 aromatic heterocycles. The minimum absolute atomic E-state index is 0.0582. The number of carbonyl (C=O) groups excluding carboxylic acids is 2. The number of ether oxygens (including phenoxy) is 4. The zero-order valence-corrected chi connectivity index (χ0v) is 31.3. The van der Waals surface area contributed by atoms with Crippen LogP contribution in [0, 0.1) is 0 Å². The van der Waals surface area contributed by atoms with E-state index >= 15 is 0 Å². The number of amides is 2. The van der Waals surface area contributed by atoms with Gasteiger partial charge in [-0.25, -0.2) is 19.6 Å². The highest BCUT2D eigenvalue weighted by Crippen LogP contribution is 2.51. The van der Waals surface area contributed by atoms with Crippen LogP contribution >= 0.6 is 0 Å². The van der Waals surface area contributed by atoms with Gasteiger partial charge in [-0.3, -0.25) is 9.80 Å². The maximum Gasteiger partial charge on any atom is 0.411 e. The molecule has 4 aliphatic rings. The number of aromatic amines is 2. The van der Waals surface area contributed by atoms with Gasteiger partial charge in [-0.15, -0.1) is 0 Å². The molecule has 0 aliphatic carbocycles. The van der Waals surface area contributed by atoms with E-state index in [0.29, 0.717) is 13.2 Å². The van der Waals surface area contributed by atoms with Gasteiger partial charge in [-0.2, -0.15) is 0 Å². The van der Waals surface area contributed by atoms with Crippen LogP contribution in [0.2, 0.25) is 0 Å². The zero-order chi connectivity index (χ0) is 36.7. The van der Waals surface area contributed by atoms with E-state index in [1.54, 1.807) is 0 Å². The van der Waals surface area contributed by atoms with Crippen molar-refractivity contribution >= 4 is 12.2 Å². The lowest BCUT2D eigenvalue weighted by molar-refractivity contribution is 0.0141. The molecule has 12 heteroatoms. The molecular formula is C40H48N6O6. The number of hydrogen-bond donors (Lipinski definition) is 2. The molecule has 6 heterocycles. The van der Waals surface area contributed by atoms with Gasteiger partial charge >= 0.3 is 12.2 Å². The average Bonchev–Trinajstić information content (AvgIpc) is 3.88. The molecule has 52 heavy (non-hydrogen) atoms. The molecule has 0 saturated carbocycles. The van der Waals surface area contributed by atoms with Crippen LogP contribution in [-0.2, 0) is 22.7 Å². The maximum absolute atomic E-state index is 13.1. The lowest BCUT2D eigenvalue weighted by atomic mass is 9.87. The summed E-state index contributed by atoms with van der Waals surface area (Å²) < 4.78 is 24.3. The third-order valence-electron chi connectivity index (χ3n) is 10.4. The van der Waals surface area contributed by atoms with Gasteiger partial charge in [0, 0.05) is 45.5 Å². The number of hydrogen-bond acceptors (Lipinski definition) is 8. The SMILES string of the molecule is C[C@H]1CC[C@@H](c2ncc(-c3cc4c5c(c3)OCc3cc(-c6cnc([C@@H]7CC[C@H](C)N7C(=O)OC(C)(C)C)[nH]6)cc(c3-5)OC4)[nH]2)N1C(=O)OC(C)(C)C. The first-order valence-corrected chi connectivity index (χ1v) is 18.4. The predicted molar refractivity (Wildman–Crippen MR) is 195 cm³/mol. The van der Waals surface area contributed by atoms with Crippen molar-refractivity contribution in [1.82, 2.24) is 29.7 Å². The highest BCUT2D eigenvalue weighted by Gasteiger charge is 2.41. The van der Waals surface area contributed by atoms with Crippen molar-refractivity contribution in [2.24, 2.45) is 0 Å². The molecule has 2 N–H and O–H groups in total. The summed E-state index contributed by atoms with van der Waals surface area (Å²) in [6.45, 7) is 16.2. The van der Waals surface area contributed by atoms with Gasteiger partial charge in [0.2, 0.25) is 0 Å². The number of H-pyrrole nitrogens is 2. The molecule has 12 nitrogen and oxygen atoms in total. The van der Waals surface area contributed by atoms with Crippen molar-refractivity contribution in [3.8, 4) is 45.1 Å². The second kappa shape index (κ2) is 12.3. The number of carbonyl (C=O) groups is 2. The molecule has 2 saturated heterocycles. The van der Waals surface area contributed by atoms with Crippen molar-refractivity contribution in [2.75, 3.05) is 0 Å². The summed E-state index contributed by atoms with van der Waals surface area (Å²) in [6.07, 6.45) is 6.41. The fourth-order valence-electron chi connectivity index (χ4n) is 8.05. The van der Waals surface area contributed by atoms with Crippen LogP contribution in [0.15, 0.2) is 36.7 Å². The second-order valence-corrected chi connectivity index (χ2v) is 16.6. The molecule has 0 unspecified atom stereocenters. The summed E-state index contributed by atoms with van der Waals surface area (Å²) >= 11 is 0. The van der Waals surface area contributed by atoms with Gasteiger partial charge < -0.3 is 28.9 Å². The van der Waals surface area contributed by atoms with Crippen molar-refractivity contribution in [2.45, 2.75) is 130 Å². The number of aromatic nitrogens is 4. The fourth-order valence-corrected chi connectivity index (χ4v) is 8.05. The smallest absolute Gasteiger partial charge is 0.411 e. The Morgan fingerprint density at radius 3 is 1.46 bits per heavy atom. The Morgan fingerprint density at radius 1 is 0.673 bits per heavy atom. The Balaban J connectivity index is 1.05. The Labute approximate surface area is 304 Å². The number of nitrogens with one attached hydrogen (secondary N) is 2. The van der Waals surface area contributed by atoms with Crippen molar-refractivity contribution < 1.29 is 28.5 Å². The first kappa shape index (κ1) is 34.1. The maximum atomic E-state index is 13.1. The molecule has 4 aromatic rings. The summed E-state index contributed by atoms with van der Waals surface area (Å²) in [5, 5.41) is 0. The Morgan fingerprint density at radius 2 is 1.08 bits per heavy atom. The largest absolute Gasteiger partial charge is 0.488 e. The van der Waals surface area contributed by atoms with E-state index in [2.05, 4.69) is 48.1 Å². The van der Waals surface area contributed by atoms with Crippen LogP contribution in [0.3, 0.4) is 0 Å². The lowest BCUT2D eigenvalue weighted by Crippen LogP contribution is -2.40. The van der Waals surface area contributed by atoms with E-state index in [0.717, 1.165) is 93.6 Å². The van der Waals surface area contributed by atoms with Crippen LogP contribution in [-0.4, -0.2) is 65.2 Å². The van der Waals surface area contributed by atoms with E-state index in [1.165, 1.54) is 0 Å². The molecule has 2 aromatic carbocycles. The third-order valence-corrected chi connectivity index (χ3v) is 10.4. The lowest BCUT2D eigenvalue weighted by Gasteiger charge is -2.31. The van der Waals surface area contributed by atoms with Crippen molar-refractivity contribution in [3.05, 3.63) is 59.4 Å². The van der Waals surface area contributed by atoms with Gasteiger partial charge in [0.25, 0.3) is 0 Å². The molecule has 0 bridgehead atoms. The topological polar surface area (TPSA) is 135 Å². The molecule has 4 aliphatic heterocycles. The molecule has 0 radical (unpaired) electrons. The first-order valence-electron chi connectivity index (χ1n) is 18.4. The molecule has 4 atom stereocenters. The van der Waals surface area contributed by atoms with Gasteiger partial charge in [0.05, 0.1) is 35.9 Å². The van der Waals surface area contributed by atoms with Crippen LogP contribution < -0.4 is 9.47 Å². The van der Waals surface area contributed by atoms with E-state index in [-0.39, 0.29) is 36.4 Å². The third kappa shape index (κ3) is 6.15. The van der Waals surface area contributed by atoms with Crippen LogP contribution in [0.25, 0.3) is 33.6 Å². The number of nitrogens with zero attached hydrogens (tertiary/aromatic N) is 4. The Kier molecular flexibility index (Phi) is 8.07. The van der Waals surface area contributed by atoms with Crippen molar-refractivity contribution in [1.29, 1.82) is 0 Å². The zero-order valence-electron chi connectivity index (χ0n) is 31.3. The van der Waals surface area contributed by atoms with Crippen LogP contribution in [0.4, 0.5) is 9.59 Å². The Hall–Kier alpha value is -5.00. The van der Waals surface area contributed by atoms with Gasteiger partial charge in [-0.1, -0.05) is 0 Å². The van der Waals surface area contributed by atoms with Crippen molar-refractivity contribution in [3.63, 3.8) is 0 Å². The summed E-state index contributed by atoms with van der Waals surface area (Å²) in [4.78, 5) is 46.4. The fraction of sp³-hybridized carbons (Fsp3) is 0.500. The van der Waals surface area contributed by atoms with Gasteiger partial charge in [0.1, 0.15) is 47.6 Å². The molecule has 0 spiro atoms. The molecule has 2 fully saturated rings. The minimum Gasteiger partial charge on any atom is -0.488 e. The van der Waals surface area contributed by atoms with E-state index < -0.39 is 11.2 Å². The summed E-state index contributed by atoms with van der Waals surface area (Å²) in [7, 11) is 0. The minimum atomic E-state index is -0.575. The van der Waals surface area contributed by atoms with E-state index in [4.69, 9.17) is 28.9 Å². The standard InChI is InChI=1S/C40H48N6O6/c1-21-9-11-29(45(21)37(47)51-39(3,4)5)35-41-17-27(43-35)23-13-25-19-50-32-16-24(14-26-20-49-31(15-23)33(25)34(26)32)28-18-42-36(44-28)30-12-10-22(2)46(30)38(48)52-40(6,7)8/h13-18,21-22,29-30H,9-12,19-20H2,1-8H3,(H,41,43)(H,42,44)/t21-,22-,29-,30-/m0/s1. The second-order valence-electron chi connectivity index (χ2n) is 16.6. The quantitative estimate of drug-likeness (QED) is 0.215. The first-order chi connectivity index (χ1) is 24.6. The number of imidazole rings is 2. The predicted octanol–water partition coefficient (Wildman–Crippen LogP) is 8.84.